The molecule has 0 saturated heterocycles. The van der Waals surface area contributed by atoms with Gasteiger partial charge in [0.15, 0.2) is 0 Å². The number of ether oxygens (including phenoxy) is 1. The van der Waals surface area contributed by atoms with E-state index in [1.54, 1.807) is 0 Å². The van der Waals surface area contributed by atoms with Crippen molar-refractivity contribution in [3.05, 3.63) is 15.6 Å². The minimum atomic E-state index is -0.128. The van der Waals surface area contributed by atoms with E-state index in [2.05, 4.69) is 51.8 Å². The van der Waals surface area contributed by atoms with Gasteiger partial charge in [-0.2, -0.15) is 0 Å². The summed E-state index contributed by atoms with van der Waals surface area (Å²) in [6.45, 7) is 14.7. The Hall–Kier alpha value is -0.450. The van der Waals surface area contributed by atoms with Crippen molar-refractivity contribution in [1.82, 2.24) is 10.3 Å². The monoisotopic (exact) mass is 298 g/mol. The first-order valence-electron chi connectivity index (χ1n) is 7.77. The summed E-state index contributed by atoms with van der Waals surface area (Å²) >= 11 is 1.81. The van der Waals surface area contributed by atoms with Crippen LogP contribution in [0.25, 0.3) is 0 Å². The van der Waals surface area contributed by atoms with Crippen molar-refractivity contribution in [3.8, 4) is 0 Å². The predicted molar refractivity (Wildman–Crippen MR) is 87.7 cm³/mol. The van der Waals surface area contributed by atoms with E-state index < -0.39 is 0 Å². The van der Waals surface area contributed by atoms with Gasteiger partial charge in [-0.15, -0.1) is 11.3 Å². The summed E-state index contributed by atoms with van der Waals surface area (Å²) in [6.07, 6.45) is 3.09. The molecule has 0 aliphatic rings. The van der Waals surface area contributed by atoms with Crippen LogP contribution in [0.2, 0.25) is 0 Å². The lowest BCUT2D eigenvalue weighted by Gasteiger charge is -2.37. The standard InChI is InChI=1S/C16H30N2OS/c1-7-10-17-14(16(6,8-2)19-9-3)11-15-18-12(4)13(5)20-15/h14,17H,7-11H2,1-6H3. The van der Waals surface area contributed by atoms with Gasteiger partial charge in [-0.25, -0.2) is 4.98 Å². The van der Waals surface area contributed by atoms with Gasteiger partial charge in [0, 0.05) is 23.9 Å². The highest BCUT2D eigenvalue weighted by molar-refractivity contribution is 7.11. The summed E-state index contributed by atoms with van der Waals surface area (Å²) < 4.78 is 6.06. The molecule has 0 aliphatic carbocycles. The second-order valence-corrected chi connectivity index (χ2v) is 6.85. The third kappa shape index (κ3) is 4.54. The average Bonchev–Trinajstić information content (AvgIpc) is 2.73. The Morgan fingerprint density at radius 2 is 2.00 bits per heavy atom. The van der Waals surface area contributed by atoms with Crippen LogP contribution in [-0.4, -0.2) is 29.8 Å². The van der Waals surface area contributed by atoms with E-state index in [9.17, 15) is 0 Å². The summed E-state index contributed by atoms with van der Waals surface area (Å²) in [7, 11) is 0. The molecular weight excluding hydrogens is 268 g/mol. The molecule has 2 unspecified atom stereocenters. The third-order valence-electron chi connectivity index (χ3n) is 4.01. The Morgan fingerprint density at radius 1 is 1.30 bits per heavy atom. The molecular formula is C16H30N2OS. The molecule has 0 fully saturated rings. The van der Waals surface area contributed by atoms with Gasteiger partial charge in [-0.3, -0.25) is 0 Å². The molecule has 1 heterocycles. The second kappa shape index (κ2) is 8.11. The highest BCUT2D eigenvalue weighted by Gasteiger charge is 2.33. The van der Waals surface area contributed by atoms with Crippen LogP contribution < -0.4 is 5.32 Å². The smallest absolute Gasteiger partial charge is 0.0947 e. The van der Waals surface area contributed by atoms with Crippen LogP contribution in [0.1, 0.15) is 56.1 Å². The van der Waals surface area contributed by atoms with Crippen molar-refractivity contribution in [2.75, 3.05) is 13.2 Å². The molecule has 116 valence electrons. The van der Waals surface area contributed by atoms with Crippen LogP contribution in [-0.2, 0) is 11.2 Å². The van der Waals surface area contributed by atoms with Gasteiger partial charge in [-0.05, 0) is 47.1 Å². The number of thiazole rings is 1. The number of rotatable bonds is 9. The van der Waals surface area contributed by atoms with Gasteiger partial charge >= 0.3 is 0 Å². The van der Waals surface area contributed by atoms with Crippen molar-refractivity contribution in [2.45, 2.75) is 72.4 Å². The topological polar surface area (TPSA) is 34.2 Å². The molecule has 20 heavy (non-hydrogen) atoms. The van der Waals surface area contributed by atoms with Crippen molar-refractivity contribution in [2.24, 2.45) is 0 Å². The number of nitrogens with zero attached hydrogens (tertiary/aromatic N) is 1. The van der Waals surface area contributed by atoms with Gasteiger partial charge in [0.05, 0.1) is 16.3 Å². The first-order chi connectivity index (χ1) is 9.46. The van der Waals surface area contributed by atoms with Gasteiger partial charge < -0.3 is 10.1 Å². The van der Waals surface area contributed by atoms with Crippen molar-refractivity contribution >= 4 is 11.3 Å². The van der Waals surface area contributed by atoms with Crippen LogP contribution in [0.3, 0.4) is 0 Å². The quantitative estimate of drug-likeness (QED) is 0.751. The average molecular weight is 298 g/mol. The zero-order valence-electron chi connectivity index (χ0n) is 13.9. The Balaban J connectivity index is 2.87. The lowest BCUT2D eigenvalue weighted by Crippen LogP contribution is -2.51. The SMILES string of the molecule is CCCNC(Cc1nc(C)c(C)s1)C(C)(CC)OCC. The Bertz CT molecular complexity index is 386. The molecule has 1 rings (SSSR count). The molecule has 0 aromatic carbocycles. The van der Waals surface area contributed by atoms with E-state index >= 15 is 0 Å². The van der Waals surface area contributed by atoms with Crippen LogP contribution in [0, 0.1) is 13.8 Å². The molecule has 0 bridgehead atoms. The molecule has 1 aromatic heterocycles. The van der Waals surface area contributed by atoms with Crippen molar-refractivity contribution < 1.29 is 4.74 Å². The van der Waals surface area contributed by atoms with Gasteiger partial charge in [0.2, 0.25) is 0 Å². The van der Waals surface area contributed by atoms with E-state index in [4.69, 9.17) is 4.74 Å². The molecule has 4 heteroatoms. The van der Waals surface area contributed by atoms with Crippen LogP contribution >= 0.6 is 11.3 Å². The van der Waals surface area contributed by atoms with E-state index in [0.717, 1.165) is 38.1 Å². The highest BCUT2D eigenvalue weighted by atomic mass is 32.1. The van der Waals surface area contributed by atoms with E-state index in [-0.39, 0.29) is 5.60 Å². The van der Waals surface area contributed by atoms with Crippen LogP contribution in [0.15, 0.2) is 0 Å². The van der Waals surface area contributed by atoms with Crippen molar-refractivity contribution in [3.63, 3.8) is 0 Å². The highest BCUT2D eigenvalue weighted by Crippen LogP contribution is 2.26. The molecule has 3 nitrogen and oxygen atoms in total. The Morgan fingerprint density at radius 3 is 2.45 bits per heavy atom. The number of aromatic nitrogens is 1. The molecule has 0 saturated carbocycles. The minimum absolute atomic E-state index is 0.128. The maximum atomic E-state index is 6.06. The number of hydrogen-bond donors (Lipinski definition) is 1. The number of hydrogen-bond acceptors (Lipinski definition) is 4. The van der Waals surface area contributed by atoms with Gasteiger partial charge in [-0.1, -0.05) is 13.8 Å². The normalized spacial score (nSPS) is 16.1. The lowest BCUT2D eigenvalue weighted by molar-refractivity contribution is -0.0549. The number of aryl methyl sites for hydroxylation is 2. The first kappa shape index (κ1) is 17.6. The molecule has 2 atom stereocenters. The number of nitrogens with one attached hydrogen (secondary N) is 1. The fourth-order valence-electron chi connectivity index (χ4n) is 2.40. The summed E-state index contributed by atoms with van der Waals surface area (Å²) in [5.41, 5.74) is 1.03. The maximum absolute atomic E-state index is 6.06. The van der Waals surface area contributed by atoms with Crippen LogP contribution in [0.5, 0.6) is 0 Å². The lowest BCUT2D eigenvalue weighted by atomic mass is 9.90. The summed E-state index contributed by atoms with van der Waals surface area (Å²) in [6, 6.07) is 0.317. The molecule has 1 N–H and O–H groups in total. The molecule has 0 spiro atoms. The summed E-state index contributed by atoms with van der Waals surface area (Å²) in [5, 5.41) is 4.88. The zero-order valence-corrected chi connectivity index (χ0v) is 14.7. The van der Waals surface area contributed by atoms with E-state index in [1.807, 2.05) is 11.3 Å². The van der Waals surface area contributed by atoms with Gasteiger partial charge in [0.1, 0.15) is 0 Å². The minimum Gasteiger partial charge on any atom is -0.374 e. The van der Waals surface area contributed by atoms with Gasteiger partial charge in [0.25, 0.3) is 0 Å². The largest absolute Gasteiger partial charge is 0.374 e. The summed E-state index contributed by atoms with van der Waals surface area (Å²) in [5.74, 6) is 0. The third-order valence-corrected chi connectivity index (χ3v) is 5.10. The van der Waals surface area contributed by atoms with E-state index in [1.165, 1.54) is 9.88 Å². The molecule has 0 radical (unpaired) electrons. The zero-order chi connectivity index (χ0) is 15.2. The van der Waals surface area contributed by atoms with E-state index in [0.29, 0.717) is 6.04 Å². The Labute approximate surface area is 128 Å². The maximum Gasteiger partial charge on any atom is 0.0947 e. The first-order valence-corrected chi connectivity index (χ1v) is 8.58. The van der Waals surface area contributed by atoms with Crippen molar-refractivity contribution in [1.29, 1.82) is 0 Å². The molecule has 1 aromatic rings. The van der Waals surface area contributed by atoms with Crippen LogP contribution in [0.4, 0.5) is 0 Å². The predicted octanol–water partition coefficient (Wildman–Crippen LogP) is 3.88. The molecule has 0 amide bonds. The second-order valence-electron chi connectivity index (χ2n) is 5.56. The summed E-state index contributed by atoms with van der Waals surface area (Å²) in [4.78, 5) is 6.01. The molecule has 0 aliphatic heterocycles. The Kier molecular flexibility index (Phi) is 7.13. The fourth-order valence-corrected chi connectivity index (χ4v) is 3.38. The fraction of sp³-hybridized carbons (Fsp3) is 0.812.